The number of benzene rings is 1. The Hall–Kier alpha value is -2.61. The maximum absolute atomic E-state index is 12.3. The van der Waals surface area contributed by atoms with Crippen molar-refractivity contribution < 1.29 is 28.6 Å². The van der Waals surface area contributed by atoms with Gasteiger partial charge in [-0.15, -0.1) is 0 Å². The van der Waals surface area contributed by atoms with E-state index in [0.717, 1.165) is 0 Å². The molecular formula is C19H24N2O6. The second kappa shape index (κ2) is 8.39. The minimum Gasteiger partial charge on any atom is -0.491 e. The fraction of sp³-hybridized carbons (Fsp3) is 0.526. The first-order valence-electron chi connectivity index (χ1n) is 9.05. The lowest BCUT2D eigenvalue weighted by atomic mass is 10.2. The van der Waals surface area contributed by atoms with Crippen molar-refractivity contribution in [1.82, 2.24) is 4.90 Å². The van der Waals surface area contributed by atoms with Crippen molar-refractivity contribution in [2.75, 3.05) is 37.7 Å². The van der Waals surface area contributed by atoms with Gasteiger partial charge in [0.05, 0.1) is 30.9 Å². The number of anilines is 1. The van der Waals surface area contributed by atoms with Gasteiger partial charge in [-0.25, -0.2) is 0 Å². The van der Waals surface area contributed by atoms with Crippen LogP contribution in [-0.4, -0.2) is 67.7 Å². The number of ether oxygens (including phenoxy) is 3. The van der Waals surface area contributed by atoms with Crippen LogP contribution in [0.15, 0.2) is 24.3 Å². The first-order chi connectivity index (χ1) is 12.9. The number of rotatable bonds is 4. The summed E-state index contributed by atoms with van der Waals surface area (Å²) in [5.74, 6) is -0.582. The molecule has 8 nitrogen and oxygen atoms in total. The summed E-state index contributed by atoms with van der Waals surface area (Å²) in [5.41, 5.74) is 0.527. The Kier molecular flexibility index (Phi) is 5.95. The highest BCUT2D eigenvalue weighted by Crippen LogP contribution is 2.30. The zero-order valence-corrected chi connectivity index (χ0v) is 15.6. The van der Waals surface area contributed by atoms with Gasteiger partial charge in [0.15, 0.2) is 6.61 Å². The third-order valence-corrected chi connectivity index (χ3v) is 4.45. The molecule has 0 bridgehead atoms. The molecule has 27 heavy (non-hydrogen) atoms. The Morgan fingerprint density at radius 2 is 1.89 bits per heavy atom. The summed E-state index contributed by atoms with van der Waals surface area (Å²) >= 11 is 0. The van der Waals surface area contributed by atoms with Gasteiger partial charge in [0, 0.05) is 13.1 Å². The monoisotopic (exact) mass is 376 g/mol. The van der Waals surface area contributed by atoms with Gasteiger partial charge in [-0.3, -0.25) is 19.3 Å². The van der Waals surface area contributed by atoms with Crippen molar-refractivity contribution in [2.45, 2.75) is 32.5 Å². The summed E-state index contributed by atoms with van der Waals surface area (Å²) in [6.45, 7) is 4.37. The molecule has 2 amide bonds. The van der Waals surface area contributed by atoms with Gasteiger partial charge in [0.2, 0.25) is 5.91 Å². The fourth-order valence-electron chi connectivity index (χ4n) is 3.28. The van der Waals surface area contributed by atoms with Crippen LogP contribution >= 0.6 is 0 Å². The van der Waals surface area contributed by atoms with E-state index in [0.29, 0.717) is 24.5 Å². The second-order valence-electron chi connectivity index (χ2n) is 6.76. The molecule has 0 aromatic heterocycles. The smallest absolute Gasteiger partial charge is 0.326 e. The standard InChI is InChI=1S/C19H24N2O6/c1-13-9-20(10-14(2)27-13)18(23)12-26-19(24)11-21-15-5-3-4-6-16(15)25-8-7-17(21)22/h3-6,13-14H,7-12H2,1-2H3/t13-,14+. The molecule has 0 radical (unpaired) electrons. The van der Waals surface area contributed by atoms with Gasteiger partial charge in [-0.2, -0.15) is 0 Å². The zero-order chi connectivity index (χ0) is 19.4. The first kappa shape index (κ1) is 19.2. The molecule has 1 saturated heterocycles. The molecule has 1 aromatic rings. The van der Waals surface area contributed by atoms with Crippen molar-refractivity contribution >= 4 is 23.5 Å². The lowest BCUT2D eigenvalue weighted by Gasteiger charge is -2.35. The van der Waals surface area contributed by atoms with Crippen LogP contribution in [0.25, 0.3) is 0 Å². The highest BCUT2D eigenvalue weighted by Gasteiger charge is 2.28. The van der Waals surface area contributed by atoms with E-state index in [1.807, 2.05) is 13.8 Å². The number of para-hydroxylation sites is 2. The third-order valence-electron chi connectivity index (χ3n) is 4.45. The molecule has 0 spiro atoms. The molecule has 3 rings (SSSR count). The van der Waals surface area contributed by atoms with Crippen molar-refractivity contribution in [2.24, 2.45) is 0 Å². The SMILES string of the molecule is C[C@@H]1CN(C(=O)COC(=O)CN2C(=O)CCOc3ccccc32)C[C@H](C)O1. The van der Waals surface area contributed by atoms with Crippen LogP contribution in [0.5, 0.6) is 5.75 Å². The van der Waals surface area contributed by atoms with E-state index in [1.165, 1.54) is 4.90 Å². The van der Waals surface area contributed by atoms with E-state index in [4.69, 9.17) is 14.2 Å². The summed E-state index contributed by atoms with van der Waals surface area (Å²) in [6.07, 6.45) is 0.0593. The average Bonchev–Trinajstić information content (AvgIpc) is 2.78. The summed E-state index contributed by atoms with van der Waals surface area (Å²) in [4.78, 5) is 39.8. The highest BCUT2D eigenvalue weighted by atomic mass is 16.5. The summed E-state index contributed by atoms with van der Waals surface area (Å²) in [7, 11) is 0. The second-order valence-corrected chi connectivity index (χ2v) is 6.76. The lowest BCUT2D eigenvalue weighted by molar-refractivity contribution is -0.156. The van der Waals surface area contributed by atoms with Crippen LogP contribution in [0, 0.1) is 0 Å². The Balaban J connectivity index is 1.57. The molecule has 1 fully saturated rings. The van der Waals surface area contributed by atoms with Gasteiger partial charge >= 0.3 is 5.97 Å². The van der Waals surface area contributed by atoms with E-state index in [-0.39, 0.29) is 50.2 Å². The number of carbonyl (C=O) groups excluding carboxylic acids is 3. The maximum Gasteiger partial charge on any atom is 0.326 e. The zero-order valence-electron chi connectivity index (χ0n) is 15.6. The Morgan fingerprint density at radius 3 is 2.63 bits per heavy atom. The van der Waals surface area contributed by atoms with E-state index < -0.39 is 5.97 Å². The van der Waals surface area contributed by atoms with E-state index in [9.17, 15) is 14.4 Å². The lowest BCUT2D eigenvalue weighted by Crippen LogP contribution is -2.49. The molecule has 0 unspecified atom stereocenters. The van der Waals surface area contributed by atoms with Crippen molar-refractivity contribution in [3.8, 4) is 5.75 Å². The molecule has 0 aliphatic carbocycles. The van der Waals surface area contributed by atoms with Gasteiger partial charge in [-0.05, 0) is 26.0 Å². The Morgan fingerprint density at radius 1 is 1.19 bits per heavy atom. The number of amides is 2. The number of hydrogen-bond donors (Lipinski definition) is 0. The summed E-state index contributed by atoms with van der Waals surface area (Å²) in [6, 6.07) is 7.03. The van der Waals surface area contributed by atoms with Crippen LogP contribution in [-0.2, 0) is 23.9 Å². The van der Waals surface area contributed by atoms with Gasteiger partial charge in [0.1, 0.15) is 12.3 Å². The number of nitrogens with zero attached hydrogens (tertiary/aromatic N) is 2. The Bertz CT molecular complexity index is 712. The predicted molar refractivity (Wildman–Crippen MR) is 96.5 cm³/mol. The van der Waals surface area contributed by atoms with Crippen LogP contribution in [0.1, 0.15) is 20.3 Å². The normalized spacial score (nSPS) is 22.5. The van der Waals surface area contributed by atoms with Crippen LogP contribution < -0.4 is 9.64 Å². The van der Waals surface area contributed by atoms with Gasteiger partial charge < -0.3 is 19.1 Å². The largest absolute Gasteiger partial charge is 0.491 e. The van der Waals surface area contributed by atoms with E-state index in [2.05, 4.69) is 0 Å². The van der Waals surface area contributed by atoms with Gasteiger partial charge in [0.25, 0.3) is 5.91 Å². The van der Waals surface area contributed by atoms with E-state index >= 15 is 0 Å². The predicted octanol–water partition coefficient (Wildman–Crippen LogP) is 0.981. The molecule has 2 aliphatic heterocycles. The van der Waals surface area contributed by atoms with Crippen molar-refractivity contribution in [3.63, 3.8) is 0 Å². The number of carbonyl (C=O) groups is 3. The minimum absolute atomic E-state index is 0.0559. The topological polar surface area (TPSA) is 85.4 Å². The first-order valence-corrected chi connectivity index (χ1v) is 9.05. The quantitative estimate of drug-likeness (QED) is 0.729. The number of fused-ring (bicyclic) bond motifs is 1. The Labute approximate surface area is 158 Å². The highest BCUT2D eigenvalue weighted by molar-refractivity contribution is 5.99. The molecule has 8 heteroatoms. The molecule has 0 N–H and O–H groups in total. The number of morpholine rings is 1. The van der Waals surface area contributed by atoms with Crippen LogP contribution in [0.2, 0.25) is 0 Å². The molecule has 0 saturated carbocycles. The van der Waals surface area contributed by atoms with Crippen LogP contribution in [0.3, 0.4) is 0 Å². The van der Waals surface area contributed by atoms with E-state index in [1.54, 1.807) is 29.2 Å². The molecule has 1 aromatic carbocycles. The number of esters is 1. The van der Waals surface area contributed by atoms with Crippen LogP contribution in [0.4, 0.5) is 5.69 Å². The van der Waals surface area contributed by atoms with Crippen molar-refractivity contribution in [3.05, 3.63) is 24.3 Å². The van der Waals surface area contributed by atoms with Gasteiger partial charge in [-0.1, -0.05) is 12.1 Å². The molecule has 2 atom stereocenters. The minimum atomic E-state index is -0.636. The molecule has 2 heterocycles. The molecular weight excluding hydrogens is 352 g/mol. The number of hydrogen-bond acceptors (Lipinski definition) is 6. The molecule has 146 valence electrons. The fourth-order valence-corrected chi connectivity index (χ4v) is 3.28. The molecule has 2 aliphatic rings. The summed E-state index contributed by atoms with van der Waals surface area (Å²) < 4.78 is 16.3. The average molecular weight is 376 g/mol. The third kappa shape index (κ3) is 4.77. The maximum atomic E-state index is 12.3. The summed E-state index contributed by atoms with van der Waals surface area (Å²) in [5, 5.41) is 0. The van der Waals surface area contributed by atoms with Crippen molar-refractivity contribution in [1.29, 1.82) is 0 Å².